The highest BCUT2D eigenvalue weighted by Crippen LogP contribution is 2.32. The normalized spacial score (nSPS) is 16.8. The third-order valence-corrected chi connectivity index (χ3v) is 4.42. The van der Waals surface area contributed by atoms with Crippen molar-refractivity contribution in [2.75, 3.05) is 4.90 Å². The van der Waals surface area contributed by atoms with Gasteiger partial charge in [0.05, 0.1) is 5.56 Å². The van der Waals surface area contributed by atoms with Crippen LogP contribution in [0.2, 0.25) is 5.02 Å². The molecule has 25 heavy (non-hydrogen) atoms. The standard InChI is InChI=1S/C17H14ClF3N2O2/c1-10-6-11-4-2-3-5-14(11)23(10)15(24)9-22-8-12(17(19,20)21)7-13(18)16(22)25/h2-5,7-8,10H,6,9H2,1H3/t10-/m1/s1. The Bertz CT molecular complexity index is 892. The summed E-state index contributed by atoms with van der Waals surface area (Å²) in [5.41, 5.74) is -0.202. The molecule has 3 rings (SSSR count). The number of carbonyl (C=O) groups is 1. The SMILES string of the molecule is C[C@@H]1Cc2ccccc2N1C(=O)Cn1cc(C(F)(F)F)cc(Cl)c1=O. The summed E-state index contributed by atoms with van der Waals surface area (Å²) in [5, 5.41) is -0.572. The first kappa shape index (κ1) is 17.5. The Balaban J connectivity index is 1.94. The maximum atomic E-state index is 12.9. The first-order valence-electron chi connectivity index (χ1n) is 7.55. The maximum absolute atomic E-state index is 12.9. The Kier molecular flexibility index (Phi) is 4.36. The summed E-state index contributed by atoms with van der Waals surface area (Å²) < 4.78 is 39.4. The summed E-state index contributed by atoms with van der Waals surface area (Å²) in [6.45, 7) is 1.33. The number of nitrogens with zero attached hydrogens (tertiary/aromatic N) is 2. The molecule has 0 bridgehead atoms. The average Bonchev–Trinajstić information content (AvgIpc) is 2.86. The Morgan fingerprint density at radius 3 is 2.68 bits per heavy atom. The van der Waals surface area contributed by atoms with Crippen LogP contribution in [0, 0.1) is 0 Å². The topological polar surface area (TPSA) is 42.3 Å². The molecule has 1 aliphatic rings. The number of halogens is 4. The lowest BCUT2D eigenvalue weighted by atomic mass is 10.1. The van der Waals surface area contributed by atoms with Crippen LogP contribution >= 0.6 is 11.6 Å². The molecule has 1 aromatic heterocycles. The molecule has 0 aliphatic carbocycles. The van der Waals surface area contributed by atoms with Crippen molar-refractivity contribution in [2.24, 2.45) is 0 Å². The number of carbonyl (C=O) groups excluding carboxylic acids is 1. The predicted octanol–water partition coefficient (Wildman–Crippen LogP) is 3.50. The molecule has 0 radical (unpaired) electrons. The van der Waals surface area contributed by atoms with Crippen LogP contribution in [-0.4, -0.2) is 16.5 Å². The fourth-order valence-electron chi connectivity index (χ4n) is 3.04. The molecule has 1 aliphatic heterocycles. The van der Waals surface area contributed by atoms with Gasteiger partial charge >= 0.3 is 6.18 Å². The lowest BCUT2D eigenvalue weighted by molar-refractivity contribution is -0.138. The van der Waals surface area contributed by atoms with Crippen molar-refractivity contribution in [3.63, 3.8) is 0 Å². The van der Waals surface area contributed by atoms with E-state index in [-0.39, 0.29) is 6.04 Å². The van der Waals surface area contributed by atoms with Crippen molar-refractivity contribution >= 4 is 23.2 Å². The van der Waals surface area contributed by atoms with Gasteiger partial charge in [-0.25, -0.2) is 0 Å². The maximum Gasteiger partial charge on any atom is 0.417 e. The van der Waals surface area contributed by atoms with E-state index in [1.54, 1.807) is 12.1 Å². The summed E-state index contributed by atoms with van der Waals surface area (Å²) in [6, 6.07) is 7.74. The van der Waals surface area contributed by atoms with Crippen LogP contribution in [0.1, 0.15) is 18.1 Å². The highest BCUT2D eigenvalue weighted by molar-refractivity contribution is 6.30. The van der Waals surface area contributed by atoms with Gasteiger partial charge in [0, 0.05) is 17.9 Å². The molecule has 0 spiro atoms. The van der Waals surface area contributed by atoms with Gasteiger partial charge in [0.1, 0.15) is 11.6 Å². The number of hydrogen-bond acceptors (Lipinski definition) is 2. The molecule has 0 unspecified atom stereocenters. The van der Waals surface area contributed by atoms with Gasteiger partial charge in [-0.05, 0) is 31.0 Å². The third-order valence-electron chi connectivity index (χ3n) is 4.15. The summed E-state index contributed by atoms with van der Waals surface area (Å²) in [7, 11) is 0. The molecule has 2 aromatic rings. The smallest absolute Gasteiger partial charge is 0.307 e. The fourth-order valence-corrected chi connectivity index (χ4v) is 3.27. The number of para-hydroxylation sites is 1. The molecule has 1 amide bonds. The molecular formula is C17H14ClF3N2O2. The molecule has 1 atom stereocenters. The van der Waals surface area contributed by atoms with E-state index in [1.807, 2.05) is 19.1 Å². The number of benzene rings is 1. The van der Waals surface area contributed by atoms with Crippen LogP contribution in [0.15, 0.2) is 41.3 Å². The lowest BCUT2D eigenvalue weighted by Crippen LogP contribution is -2.40. The second-order valence-electron chi connectivity index (χ2n) is 5.95. The number of aromatic nitrogens is 1. The number of rotatable bonds is 2. The molecule has 1 aromatic carbocycles. The van der Waals surface area contributed by atoms with Crippen LogP contribution in [0.4, 0.5) is 18.9 Å². The molecule has 2 heterocycles. The van der Waals surface area contributed by atoms with Gasteiger partial charge in [-0.15, -0.1) is 0 Å². The molecular weight excluding hydrogens is 357 g/mol. The van der Waals surface area contributed by atoms with E-state index in [1.165, 1.54) is 4.90 Å². The van der Waals surface area contributed by atoms with E-state index in [9.17, 15) is 22.8 Å². The van der Waals surface area contributed by atoms with Gasteiger partial charge in [-0.3, -0.25) is 9.59 Å². The Labute approximate surface area is 146 Å². The summed E-state index contributed by atoms with van der Waals surface area (Å²) in [6.07, 6.45) is -3.38. The molecule has 132 valence electrons. The Hall–Kier alpha value is -2.28. The van der Waals surface area contributed by atoms with E-state index in [2.05, 4.69) is 0 Å². The zero-order valence-electron chi connectivity index (χ0n) is 13.2. The molecule has 0 N–H and O–H groups in total. The summed E-state index contributed by atoms with van der Waals surface area (Å²) in [5.74, 6) is -0.463. The van der Waals surface area contributed by atoms with Crippen LogP contribution in [0.25, 0.3) is 0 Å². The van der Waals surface area contributed by atoms with Crippen LogP contribution in [0.3, 0.4) is 0 Å². The highest BCUT2D eigenvalue weighted by Gasteiger charge is 2.34. The monoisotopic (exact) mass is 370 g/mol. The molecule has 0 saturated heterocycles. The van der Waals surface area contributed by atoms with Crippen molar-refractivity contribution < 1.29 is 18.0 Å². The first-order chi connectivity index (χ1) is 11.7. The first-order valence-corrected chi connectivity index (χ1v) is 7.93. The van der Waals surface area contributed by atoms with Gasteiger partial charge in [0.15, 0.2) is 0 Å². The van der Waals surface area contributed by atoms with Gasteiger partial charge in [0.25, 0.3) is 5.56 Å². The second-order valence-corrected chi connectivity index (χ2v) is 6.36. The minimum atomic E-state index is -4.66. The molecule has 4 nitrogen and oxygen atoms in total. The highest BCUT2D eigenvalue weighted by atomic mass is 35.5. The minimum Gasteiger partial charge on any atom is -0.307 e. The van der Waals surface area contributed by atoms with Crippen molar-refractivity contribution in [3.8, 4) is 0 Å². The molecule has 0 fully saturated rings. The van der Waals surface area contributed by atoms with Crippen LogP contribution < -0.4 is 10.5 Å². The average molecular weight is 371 g/mol. The number of hydrogen-bond donors (Lipinski definition) is 0. The van der Waals surface area contributed by atoms with Crippen molar-refractivity contribution in [1.29, 1.82) is 0 Å². The van der Waals surface area contributed by atoms with E-state index >= 15 is 0 Å². The van der Waals surface area contributed by atoms with Gasteiger partial charge in [0.2, 0.25) is 5.91 Å². The van der Waals surface area contributed by atoms with Crippen molar-refractivity contribution in [2.45, 2.75) is 32.1 Å². The number of alkyl halides is 3. The molecule has 8 heteroatoms. The fraction of sp³-hybridized carbons (Fsp3) is 0.294. The van der Waals surface area contributed by atoms with Crippen molar-refractivity contribution in [1.82, 2.24) is 4.57 Å². The van der Waals surface area contributed by atoms with Crippen LogP contribution in [0.5, 0.6) is 0 Å². The minimum absolute atomic E-state index is 0.137. The zero-order valence-corrected chi connectivity index (χ0v) is 13.9. The number of pyridine rings is 1. The number of fused-ring (bicyclic) bond motifs is 1. The number of amides is 1. The molecule has 0 saturated carbocycles. The summed E-state index contributed by atoms with van der Waals surface area (Å²) in [4.78, 5) is 26.2. The van der Waals surface area contributed by atoms with Gasteiger partial charge in [-0.1, -0.05) is 29.8 Å². The van der Waals surface area contributed by atoms with E-state index in [0.717, 1.165) is 5.56 Å². The zero-order chi connectivity index (χ0) is 18.4. The number of anilines is 1. The van der Waals surface area contributed by atoms with E-state index in [0.29, 0.717) is 28.9 Å². The van der Waals surface area contributed by atoms with Gasteiger partial charge < -0.3 is 9.47 Å². The quantitative estimate of drug-likeness (QED) is 0.812. The largest absolute Gasteiger partial charge is 0.417 e. The third kappa shape index (κ3) is 3.28. The lowest BCUT2D eigenvalue weighted by Gasteiger charge is -2.23. The Morgan fingerprint density at radius 1 is 1.32 bits per heavy atom. The Morgan fingerprint density at radius 2 is 2.00 bits per heavy atom. The summed E-state index contributed by atoms with van der Waals surface area (Å²) >= 11 is 5.62. The van der Waals surface area contributed by atoms with E-state index in [4.69, 9.17) is 11.6 Å². The predicted molar refractivity (Wildman–Crippen MR) is 87.8 cm³/mol. The van der Waals surface area contributed by atoms with Gasteiger partial charge in [-0.2, -0.15) is 13.2 Å². The second kappa shape index (κ2) is 6.22. The van der Waals surface area contributed by atoms with Crippen molar-refractivity contribution in [3.05, 3.63) is 63.0 Å². The van der Waals surface area contributed by atoms with E-state index < -0.39 is 34.8 Å². The van der Waals surface area contributed by atoms with Crippen LogP contribution in [-0.2, 0) is 23.9 Å².